The van der Waals surface area contributed by atoms with Crippen LogP contribution in [-0.2, 0) is 17.3 Å². The number of halogens is 3. The molecule has 0 fully saturated rings. The maximum atomic E-state index is 12.8. The number of esters is 1. The molecule has 0 atom stereocenters. The summed E-state index contributed by atoms with van der Waals surface area (Å²) in [5, 5.41) is 14.2. The molecule has 1 aromatic carbocycles. The highest BCUT2D eigenvalue weighted by atomic mass is 32.1. The number of nitrogens with zero attached hydrogens (tertiary/aromatic N) is 1. The SMILES string of the molecule is CCOC(=O)c1cc(CC)sc1Nc1ccc(C(F)(F)F)cc1[N+](=O)[O-]. The molecule has 0 radical (unpaired) electrons. The summed E-state index contributed by atoms with van der Waals surface area (Å²) in [5.41, 5.74) is -1.82. The molecule has 0 aliphatic heterocycles. The molecule has 0 spiro atoms. The fourth-order valence-corrected chi connectivity index (χ4v) is 3.15. The monoisotopic (exact) mass is 388 g/mol. The van der Waals surface area contributed by atoms with E-state index in [2.05, 4.69) is 5.32 Å². The molecule has 0 saturated carbocycles. The number of aryl methyl sites for hydroxylation is 1. The van der Waals surface area contributed by atoms with Crippen LogP contribution in [0.25, 0.3) is 0 Å². The van der Waals surface area contributed by atoms with Gasteiger partial charge in [-0.3, -0.25) is 10.1 Å². The van der Waals surface area contributed by atoms with Crippen LogP contribution < -0.4 is 5.32 Å². The number of alkyl halides is 3. The van der Waals surface area contributed by atoms with Crippen LogP contribution in [0.4, 0.5) is 29.5 Å². The number of rotatable bonds is 6. The lowest BCUT2D eigenvalue weighted by molar-refractivity contribution is -0.384. The number of carbonyl (C=O) groups excluding carboxylic acids is 1. The average molecular weight is 388 g/mol. The number of hydrogen-bond donors (Lipinski definition) is 1. The van der Waals surface area contributed by atoms with Gasteiger partial charge >= 0.3 is 12.1 Å². The zero-order valence-electron chi connectivity index (χ0n) is 13.8. The third kappa shape index (κ3) is 4.31. The third-order valence-corrected chi connectivity index (χ3v) is 4.59. The van der Waals surface area contributed by atoms with Crippen LogP contribution in [0.1, 0.15) is 34.6 Å². The van der Waals surface area contributed by atoms with Gasteiger partial charge in [0.15, 0.2) is 0 Å². The van der Waals surface area contributed by atoms with Crippen molar-refractivity contribution in [2.75, 3.05) is 11.9 Å². The molecule has 1 N–H and O–H groups in total. The molecule has 1 heterocycles. The van der Waals surface area contributed by atoms with E-state index in [1.165, 1.54) is 11.3 Å². The zero-order chi connectivity index (χ0) is 19.5. The van der Waals surface area contributed by atoms with E-state index in [0.29, 0.717) is 12.5 Å². The first-order valence-electron chi connectivity index (χ1n) is 7.59. The molecule has 140 valence electrons. The first-order chi connectivity index (χ1) is 12.2. The molecule has 2 rings (SSSR count). The molecule has 26 heavy (non-hydrogen) atoms. The van der Waals surface area contributed by atoms with Gasteiger partial charge in [0.2, 0.25) is 0 Å². The largest absolute Gasteiger partial charge is 0.462 e. The van der Waals surface area contributed by atoms with Gasteiger partial charge in [0.25, 0.3) is 5.69 Å². The molecular formula is C16H15F3N2O4S. The van der Waals surface area contributed by atoms with E-state index in [0.717, 1.165) is 17.0 Å². The Balaban J connectivity index is 2.46. The van der Waals surface area contributed by atoms with Gasteiger partial charge < -0.3 is 10.1 Å². The van der Waals surface area contributed by atoms with Crippen molar-refractivity contribution in [2.45, 2.75) is 26.4 Å². The first-order valence-corrected chi connectivity index (χ1v) is 8.41. The summed E-state index contributed by atoms with van der Waals surface area (Å²) >= 11 is 1.18. The molecule has 0 saturated heterocycles. The minimum atomic E-state index is -4.70. The number of nitrogens with one attached hydrogen (secondary N) is 1. The van der Waals surface area contributed by atoms with E-state index in [1.54, 1.807) is 13.0 Å². The van der Waals surface area contributed by atoms with Gasteiger partial charge in [-0.25, -0.2) is 4.79 Å². The Morgan fingerprint density at radius 2 is 2.00 bits per heavy atom. The van der Waals surface area contributed by atoms with Crippen molar-refractivity contribution in [1.82, 2.24) is 0 Å². The van der Waals surface area contributed by atoms with Crippen LogP contribution in [0, 0.1) is 10.1 Å². The lowest BCUT2D eigenvalue weighted by Gasteiger charge is -2.10. The Labute approximate surface area is 150 Å². The van der Waals surface area contributed by atoms with Crippen LogP contribution >= 0.6 is 11.3 Å². The standard InChI is InChI=1S/C16H15F3N2O4S/c1-3-10-8-11(15(22)25-4-2)14(26-10)20-12-6-5-9(16(17,18)19)7-13(12)21(23)24/h5-8,20H,3-4H2,1-2H3. The van der Waals surface area contributed by atoms with Crippen molar-refractivity contribution >= 4 is 33.7 Å². The number of benzene rings is 1. The molecule has 1 aromatic heterocycles. The number of nitro benzene ring substituents is 1. The molecule has 0 aliphatic rings. The summed E-state index contributed by atoms with van der Waals surface area (Å²) in [6.45, 7) is 3.65. The molecule has 10 heteroatoms. The normalized spacial score (nSPS) is 11.3. The van der Waals surface area contributed by atoms with Crippen LogP contribution in [0.5, 0.6) is 0 Å². The summed E-state index contributed by atoms with van der Waals surface area (Å²) in [4.78, 5) is 23.2. The summed E-state index contributed by atoms with van der Waals surface area (Å²) in [5.74, 6) is -0.611. The van der Waals surface area contributed by atoms with Gasteiger partial charge in [-0.1, -0.05) is 6.92 Å². The quantitative estimate of drug-likeness (QED) is 0.420. The van der Waals surface area contributed by atoms with Gasteiger partial charge in [-0.15, -0.1) is 11.3 Å². The summed E-state index contributed by atoms with van der Waals surface area (Å²) in [7, 11) is 0. The van der Waals surface area contributed by atoms with E-state index in [-0.39, 0.29) is 22.9 Å². The summed E-state index contributed by atoms with van der Waals surface area (Å²) in [6, 6.07) is 3.77. The summed E-state index contributed by atoms with van der Waals surface area (Å²) < 4.78 is 43.3. The lowest BCUT2D eigenvalue weighted by Crippen LogP contribution is -2.08. The Kier molecular flexibility index (Phi) is 5.86. The predicted octanol–water partition coefficient (Wildman–Crippen LogP) is 5.16. The fraction of sp³-hybridized carbons (Fsp3) is 0.312. The summed E-state index contributed by atoms with van der Waals surface area (Å²) in [6.07, 6.45) is -4.08. The van der Waals surface area contributed by atoms with E-state index in [9.17, 15) is 28.1 Å². The van der Waals surface area contributed by atoms with Crippen LogP contribution in [0.3, 0.4) is 0 Å². The highest BCUT2D eigenvalue weighted by molar-refractivity contribution is 7.16. The number of nitro groups is 1. The van der Waals surface area contributed by atoms with Crippen molar-refractivity contribution in [3.05, 3.63) is 50.4 Å². The van der Waals surface area contributed by atoms with Crippen molar-refractivity contribution in [2.24, 2.45) is 0 Å². The van der Waals surface area contributed by atoms with Gasteiger partial charge in [-0.05, 0) is 31.5 Å². The van der Waals surface area contributed by atoms with E-state index in [1.807, 2.05) is 6.92 Å². The number of ether oxygens (including phenoxy) is 1. The Hall–Kier alpha value is -2.62. The predicted molar refractivity (Wildman–Crippen MR) is 91.0 cm³/mol. The topological polar surface area (TPSA) is 81.5 Å². The number of carbonyl (C=O) groups is 1. The maximum absolute atomic E-state index is 12.8. The molecular weight excluding hydrogens is 373 g/mol. The molecule has 0 bridgehead atoms. The van der Waals surface area contributed by atoms with Crippen molar-refractivity contribution < 1.29 is 27.6 Å². The Morgan fingerprint density at radius 3 is 2.54 bits per heavy atom. The smallest absolute Gasteiger partial charge is 0.416 e. The minimum absolute atomic E-state index is 0.141. The molecule has 0 aliphatic carbocycles. The highest BCUT2D eigenvalue weighted by Gasteiger charge is 2.33. The molecule has 0 unspecified atom stereocenters. The van der Waals surface area contributed by atoms with E-state index in [4.69, 9.17) is 4.74 Å². The second-order valence-corrected chi connectivity index (χ2v) is 6.28. The van der Waals surface area contributed by atoms with E-state index < -0.39 is 28.3 Å². The van der Waals surface area contributed by atoms with Crippen molar-refractivity contribution in [3.8, 4) is 0 Å². The number of thiophene rings is 1. The Morgan fingerprint density at radius 1 is 1.31 bits per heavy atom. The zero-order valence-corrected chi connectivity index (χ0v) is 14.7. The van der Waals surface area contributed by atoms with Gasteiger partial charge in [0.1, 0.15) is 10.7 Å². The van der Waals surface area contributed by atoms with E-state index >= 15 is 0 Å². The average Bonchev–Trinajstić information content (AvgIpc) is 2.97. The number of anilines is 2. The number of hydrogen-bond acceptors (Lipinski definition) is 6. The third-order valence-electron chi connectivity index (χ3n) is 3.40. The Bertz CT molecular complexity index is 833. The lowest BCUT2D eigenvalue weighted by atomic mass is 10.1. The van der Waals surface area contributed by atoms with Gasteiger partial charge in [-0.2, -0.15) is 13.2 Å². The van der Waals surface area contributed by atoms with Crippen LogP contribution in [0.15, 0.2) is 24.3 Å². The van der Waals surface area contributed by atoms with Crippen LogP contribution in [-0.4, -0.2) is 17.5 Å². The second-order valence-electron chi connectivity index (χ2n) is 5.14. The molecule has 2 aromatic rings. The van der Waals surface area contributed by atoms with Gasteiger partial charge in [0.05, 0.1) is 22.7 Å². The fourth-order valence-electron chi connectivity index (χ4n) is 2.16. The second kappa shape index (κ2) is 7.73. The van der Waals surface area contributed by atoms with Gasteiger partial charge in [0, 0.05) is 10.9 Å². The van der Waals surface area contributed by atoms with Crippen molar-refractivity contribution in [3.63, 3.8) is 0 Å². The van der Waals surface area contributed by atoms with Crippen LogP contribution in [0.2, 0.25) is 0 Å². The first kappa shape index (κ1) is 19.7. The maximum Gasteiger partial charge on any atom is 0.416 e. The minimum Gasteiger partial charge on any atom is -0.462 e. The molecule has 6 nitrogen and oxygen atoms in total. The van der Waals surface area contributed by atoms with Crippen molar-refractivity contribution in [1.29, 1.82) is 0 Å². The highest BCUT2D eigenvalue weighted by Crippen LogP contribution is 2.38. The molecule has 0 amide bonds.